The van der Waals surface area contributed by atoms with E-state index in [0.717, 1.165) is 0 Å². The van der Waals surface area contributed by atoms with E-state index >= 15 is 0 Å². The third kappa shape index (κ3) is 3.91. The minimum atomic E-state index is -4.61. The molecular weight excluding hydrogens is 427 g/mol. The summed E-state index contributed by atoms with van der Waals surface area (Å²) in [6, 6.07) is 6.48. The second kappa shape index (κ2) is 8.23. The molecule has 11 heteroatoms. The molecule has 3 heterocycles. The van der Waals surface area contributed by atoms with Gasteiger partial charge in [-0.2, -0.15) is 18.3 Å². The Labute approximate surface area is 181 Å². The third-order valence-electron chi connectivity index (χ3n) is 5.20. The van der Waals surface area contributed by atoms with E-state index in [9.17, 15) is 18.0 Å². The summed E-state index contributed by atoms with van der Waals surface area (Å²) >= 11 is 0. The van der Waals surface area contributed by atoms with Gasteiger partial charge < -0.3 is 14.4 Å². The van der Waals surface area contributed by atoms with Crippen molar-refractivity contribution in [1.82, 2.24) is 19.7 Å². The number of carbonyl (C=O) groups is 1. The second-order valence-corrected chi connectivity index (χ2v) is 7.38. The molecule has 1 aliphatic rings. The Hall–Kier alpha value is -3.47. The van der Waals surface area contributed by atoms with Crippen molar-refractivity contribution in [3.05, 3.63) is 59.2 Å². The fourth-order valence-corrected chi connectivity index (χ4v) is 3.62. The molecule has 32 heavy (non-hydrogen) atoms. The lowest BCUT2D eigenvalue weighted by molar-refractivity contribution is -0.142. The molecule has 0 aliphatic carbocycles. The van der Waals surface area contributed by atoms with Crippen LogP contribution in [0.3, 0.4) is 0 Å². The van der Waals surface area contributed by atoms with Crippen LogP contribution in [-0.2, 0) is 17.5 Å². The number of rotatable bonds is 4. The summed E-state index contributed by atoms with van der Waals surface area (Å²) in [7, 11) is 2.98. The van der Waals surface area contributed by atoms with Crippen molar-refractivity contribution >= 4 is 11.6 Å². The number of nitrogens with zero attached hydrogens (tertiary/aromatic N) is 5. The molecule has 2 aromatic heterocycles. The minimum absolute atomic E-state index is 0.0282. The molecule has 0 spiro atoms. The summed E-state index contributed by atoms with van der Waals surface area (Å²) in [5, 5.41) is 3.86. The van der Waals surface area contributed by atoms with Gasteiger partial charge in [0.15, 0.2) is 5.69 Å². The highest BCUT2D eigenvalue weighted by Crippen LogP contribution is 2.38. The number of halogens is 3. The van der Waals surface area contributed by atoms with Crippen LogP contribution in [0.4, 0.5) is 18.9 Å². The van der Waals surface area contributed by atoms with Crippen LogP contribution in [0.25, 0.3) is 5.69 Å². The van der Waals surface area contributed by atoms with Crippen molar-refractivity contribution in [2.45, 2.75) is 25.6 Å². The summed E-state index contributed by atoms with van der Waals surface area (Å²) in [5.41, 5.74) is 0.561. The standard InChI is InChI=1S/C21H20F3N5O3/c1-12-10-32-11-16-17(12)29(27-18(16)21(22,23)24)14-6-4-5-13(7-14)19(30)28(2)15-8-25-20(31-3)26-9-15/h4-9,12H,10-11H2,1-3H3. The number of hydrogen-bond donors (Lipinski definition) is 0. The first kappa shape index (κ1) is 21.8. The lowest BCUT2D eigenvalue weighted by Crippen LogP contribution is -2.26. The molecule has 0 bridgehead atoms. The van der Waals surface area contributed by atoms with Crippen LogP contribution in [0, 0.1) is 0 Å². The lowest BCUT2D eigenvalue weighted by Gasteiger charge is -2.22. The Balaban J connectivity index is 1.72. The molecule has 1 aromatic carbocycles. The number of fused-ring (bicyclic) bond motifs is 1. The second-order valence-electron chi connectivity index (χ2n) is 7.38. The highest BCUT2D eigenvalue weighted by molar-refractivity contribution is 6.05. The normalized spacial score (nSPS) is 15.9. The summed E-state index contributed by atoms with van der Waals surface area (Å²) in [4.78, 5) is 22.3. The monoisotopic (exact) mass is 447 g/mol. The number of carbonyl (C=O) groups excluding carboxylic acids is 1. The molecule has 1 unspecified atom stereocenters. The number of aromatic nitrogens is 4. The maximum absolute atomic E-state index is 13.6. The van der Waals surface area contributed by atoms with Gasteiger partial charge in [0.05, 0.1) is 49.8 Å². The van der Waals surface area contributed by atoms with Crippen LogP contribution < -0.4 is 9.64 Å². The van der Waals surface area contributed by atoms with Gasteiger partial charge in [-0.1, -0.05) is 13.0 Å². The summed E-state index contributed by atoms with van der Waals surface area (Å²) in [6.07, 6.45) is -1.73. The SMILES string of the molecule is COc1ncc(N(C)C(=O)c2cccc(-n3nc(C(F)(F)F)c4c3C(C)COC4)c2)cn1. The first-order valence-corrected chi connectivity index (χ1v) is 9.72. The molecule has 8 nitrogen and oxygen atoms in total. The van der Waals surface area contributed by atoms with E-state index in [1.54, 1.807) is 32.2 Å². The van der Waals surface area contributed by atoms with Gasteiger partial charge in [-0.15, -0.1) is 0 Å². The predicted octanol–water partition coefficient (Wildman–Crippen LogP) is 3.60. The molecule has 0 radical (unpaired) electrons. The predicted molar refractivity (Wildman–Crippen MR) is 108 cm³/mol. The van der Waals surface area contributed by atoms with Crippen LogP contribution in [-0.4, -0.2) is 46.4 Å². The largest absolute Gasteiger partial charge is 0.467 e. The zero-order valence-corrected chi connectivity index (χ0v) is 17.6. The van der Waals surface area contributed by atoms with Gasteiger partial charge >= 0.3 is 12.2 Å². The molecule has 0 fully saturated rings. The zero-order chi connectivity index (χ0) is 23.0. The number of ether oxygens (including phenoxy) is 2. The van der Waals surface area contributed by atoms with Crippen molar-refractivity contribution in [2.75, 3.05) is 25.7 Å². The van der Waals surface area contributed by atoms with E-state index in [4.69, 9.17) is 9.47 Å². The Morgan fingerprint density at radius 2 is 2.00 bits per heavy atom. The van der Waals surface area contributed by atoms with Crippen molar-refractivity contribution in [2.24, 2.45) is 0 Å². The fraction of sp³-hybridized carbons (Fsp3) is 0.333. The molecule has 1 aliphatic heterocycles. The average Bonchev–Trinajstić information content (AvgIpc) is 3.20. The smallest absolute Gasteiger partial charge is 0.435 e. The number of hydrogen-bond acceptors (Lipinski definition) is 6. The number of alkyl halides is 3. The van der Waals surface area contributed by atoms with Gasteiger partial charge in [0.1, 0.15) is 0 Å². The topological polar surface area (TPSA) is 82.4 Å². The Morgan fingerprint density at radius 1 is 1.28 bits per heavy atom. The first-order valence-electron chi connectivity index (χ1n) is 9.72. The highest BCUT2D eigenvalue weighted by Gasteiger charge is 2.41. The van der Waals surface area contributed by atoms with Crippen LogP contribution in [0.15, 0.2) is 36.7 Å². The minimum Gasteiger partial charge on any atom is -0.467 e. The van der Waals surface area contributed by atoms with E-state index in [0.29, 0.717) is 17.1 Å². The Kier molecular flexibility index (Phi) is 5.59. The number of anilines is 1. The van der Waals surface area contributed by atoms with E-state index in [1.807, 2.05) is 0 Å². The van der Waals surface area contributed by atoms with Gasteiger partial charge in [-0.25, -0.2) is 14.6 Å². The lowest BCUT2D eigenvalue weighted by atomic mass is 10.00. The van der Waals surface area contributed by atoms with Crippen LogP contribution in [0.2, 0.25) is 0 Å². The molecular formula is C21H20F3N5O3. The first-order chi connectivity index (χ1) is 15.2. The van der Waals surface area contributed by atoms with E-state index in [1.165, 1.54) is 35.2 Å². The van der Waals surface area contributed by atoms with Crippen molar-refractivity contribution in [1.29, 1.82) is 0 Å². The summed E-state index contributed by atoms with van der Waals surface area (Å²) in [5.74, 6) is -0.671. The van der Waals surface area contributed by atoms with E-state index < -0.39 is 11.9 Å². The van der Waals surface area contributed by atoms with Gasteiger partial charge in [0, 0.05) is 24.1 Å². The number of amides is 1. The van der Waals surface area contributed by atoms with Crippen molar-refractivity contribution < 1.29 is 27.4 Å². The fourth-order valence-electron chi connectivity index (χ4n) is 3.62. The zero-order valence-electron chi connectivity index (χ0n) is 17.6. The molecule has 0 N–H and O–H groups in total. The van der Waals surface area contributed by atoms with Gasteiger partial charge in [0.2, 0.25) is 0 Å². The van der Waals surface area contributed by atoms with Gasteiger partial charge in [-0.3, -0.25) is 4.79 Å². The quantitative estimate of drug-likeness (QED) is 0.608. The van der Waals surface area contributed by atoms with Gasteiger partial charge in [0.25, 0.3) is 5.91 Å². The number of methoxy groups -OCH3 is 1. The molecule has 4 rings (SSSR count). The summed E-state index contributed by atoms with van der Waals surface area (Å²) < 4.78 is 52.2. The maximum atomic E-state index is 13.6. The average molecular weight is 447 g/mol. The molecule has 1 atom stereocenters. The summed E-state index contributed by atoms with van der Waals surface area (Å²) in [6.45, 7) is 1.91. The highest BCUT2D eigenvalue weighted by atomic mass is 19.4. The van der Waals surface area contributed by atoms with Crippen LogP contribution >= 0.6 is 0 Å². The van der Waals surface area contributed by atoms with Gasteiger partial charge in [-0.05, 0) is 18.2 Å². The Bertz CT molecular complexity index is 1140. The van der Waals surface area contributed by atoms with E-state index in [2.05, 4.69) is 15.1 Å². The van der Waals surface area contributed by atoms with Crippen LogP contribution in [0.5, 0.6) is 6.01 Å². The number of benzene rings is 1. The molecule has 1 amide bonds. The molecule has 0 saturated carbocycles. The Morgan fingerprint density at radius 3 is 2.66 bits per heavy atom. The molecule has 3 aromatic rings. The third-order valence-corrected chi connectivity index (χ3v) is 5.20. The van der Waals surface area contributed by atoms with Crippen molar-refractivity contribution in [3.63, 3.8) is 0 Å². The molecule has 168 valence electrons. The van der Waals surface area contributed by atoms with Crippen molar-refractivity contribution in [3.8, 4) is 11.7 Å². The molecule has 0 saturated heterocycles. The van der Waals surface area contributed by atoms with E-state index in [-0.39, 0.29) is 42.2 Å². The maximum Gasteiger partial charge on any atom is 0.435 e. The van der Waals surface area contributed by atoms with Crippen LogP contribution in [0.1, 0.15) is 40.2 Å².